The Morgan fingerprint density at radius 1 is 1.36 bits per heavy atom. The second-order valence-corrected chi connectivity index (χ2v) is 5.43. The lowest BCUT2D eigenvalue weighted by Gasteiger charge is -2.14. The molecule has 1 saturated carbocycles. The zero-order valence-electron chi connectivity index (χ0n) is 12.5. The van der Waals surface area contributed by atoms with E-state index in [0.29, 0.717) is 30.8 Å². The van der Waals surface area contributed by atoms with E-state index in [1.165, 1.54) is 6.07 Å². The molecule has 1 aliphatic carbocycles. The first-order chi connectivity index (χ1) is 10.4. The van der Waals surface area contributed by atoms with Crippen LogP contribution >= 0.6 is 0 Å². The van der Waals surface area contributed by atoms with Crippen LogP contribution in [0.5, 0.6) is 0 Å². The highest BCUT2D eigenvalue weighted by Gasteiger charge is 2.38. The Balaban J connectivity index is 1.93. The highest BCUT2D eigenvalue weighted by Crippen LogP contribution is 2.46. The van der Waals surface area contributed by atoms with E-state index in [1.807, 2.05) is 0 Å². The van der Waals surface area contributed by atoms with Crippen LogP contribution in [0.2, 0.25) is 0 Å². The van der Waals surface area contributed by atoms with Gasteiger partial charge in [0.05, 0.1) is 18.6 Å². The zero-order valence-corrected chi connectivity index (χ0v) is 12.5. The molecule has 0 spiro atoms. The molecule has 0 amide bonds. The van der Waals surface area contributed by atoms with Gasteiger partial charge in [-0.2, -0.15) is 13.2 Å². The van der Waals surface area contributed by atoms with Crippen LogP contribution in [-0.2, 0) is 22.3 Å². The van der Waals surface area contributed by atoms with Gasteiger partial charge in [0, 0.05) is 13.1 Å². The minimum absolute atomic E-state index is 0.0578. The summed E-state index contributed by atoms with van der Waals surface area (Å²) >= 11 is 0. The molecule has 0 aliphatic heterocycles. The van der Waals surface area contributed by atoms with Crippen molar-refractivity contribution in [3.8, 4) is 0 Å². The monoisotopic (exact) mass is 315 g/mol. The van der Waals surface area contributed by atoms with Crippen molar-refractivity contribution >= 4 is 5.97 Å². The Morgan fingerprint density at radius 3 is 2.68 bits per heavy atom. The molecule has 22 heavy (non-hydrogen) atoms. The highest BCUT2D eigenvalue weighted by atomic mass is 19.4. The van der Waals surface area contributed by atoms with E-state index in [9.17, 15) is 18.0 Å². The summed E-state index contributed by atoms with van der Waals surface area (Å²) < 4.78 is 44.1. The fourth-order valence-electron chi connectivity index (χ4n) is 2.37. The number of hydrogen-bond donors (Lipinski definition) is 1. The van der Waals surface area contributed by atoms with Gasteiger partial charge in [0.1, 0.15) is 0 Å². The molecule has 0 heterocycles. The summed E-state index contributed by atoms with van der Waals surface area (Å²) in [5, 5.41) is 2.97. The van der Waals surface area contributed by atoms with E-state index >= 15 is 0 Å². The molecule has 0 atom stereocenters. The second kappa shape index (κ2) is 7.13. The van der Waals surface area contributed by atoms with Gasteiger partial charge in [-0.3, -0.25) is 4.79 Å². The molecular formula is C16H20F3NO2. The maximum atomic E-state index is 13.1. The van der Waals surface area contributed by atoms with Gasteiger partial charge in [-0.05, 0) is 42.9 Å². The maximum absolute atomic E-state index is 13.1. The van der Waals surface area contributed by atoms with Crippen LogP contribution in [0.25, 0.3) is 0 Å². The van der Waals surface area contributed by atoms with Gasteiger partial charge in [-0.15, -0.1) is 0 Å². The minimum atomic E-state index is -4.32. The van der Waals surface area contributed by atoms with E-state index in [2.05, 4.69) is 5.32 Å². The number of carbonyl (C=O) groups is 1. The number of alkyl halides is 3. The molecule has 1 aromatic rings. The molecule has 0 saturated heterocycles. The molecule has 0 radical (unpaired) electrons. The third-order valence-electron chi connectivity index (χ3n) is 3.58. The number of halogens is 3. The van der Waals surface area contributed by atoms with Gasteiger partial charge in [-0.25, -0.2) is 0 Å². The Morgan fingerprint density at radius 2 is 2.09 bits per heavy atom. The molecule has 1 aliphatic rings. The van der Waals surface area contributed by atoms with Crippen molar-refractivity contribution in [1.82, 2.24) is 5.32 Å². The van der Waals surface area contributed by atoms with Crippen molar-refractivity contribution < 1.29 is 22.7 Å². The third-order valence-corrected chi connectivity index (χ3v) is 3.58. The van der Waals surface area contributed by atoms with Gasteiger partial charge >= 0.3 is 12.1 Å². The van der Waals surface area contributed by atoms with E-state index in [4.69, 9.17) is 4.74 Å². The molecule has 122 valence electrons. The van der Waals surface area contributed by atoms with Crippen molar-refractivity contribution in [2.45, 2.75) is 44.8 Å². The van der Waals surface area contributed by atoms with Crippen LogP contribution in [0, 0.1) is 0 Å². The number of carbonyl (C=O) groups excluding carboxylic acids is 1. The lowest BCUT2D eigenvalue weighted by molar-refractivity contribution is -0.143. The Hall–Kier alpha value is -1.56. The topological polar surface area (TPSA) is 38.3 Å². The summed E-state index contributed by atoms with van der Waals surface area (Å²) in [6, 6.07) is 4.52. The molecule has 2 rings (SSSR count). The number of ether oxygens (including phenoxy) is 1. The van der Waals surface area contributed by atoms with Crippen molar-refractivity contribution in [3.05, 3.63) is 34.9 Å². The van der Waals surface area contributed by atoms with E-state index in [1.54, 1.807) is 19.1 Å². The number of nitrogens with one attached hydrogen (secondary N) is 1. The molecule has 1 aromatic carbocycles. The fraction of sp³-hybridized carbons (Fsp3) is 0.562. The average Bonchev–Trinajstić information content (AvgIpc) is 3.27. The molecule has 1 N–H and O–H groups in total. The summed E-state index contributed by atoms with van der Waals surface area (Å²) in [6.45, 7) is 2.74. The van der Waals surface area contributed by atoms with Gasteiger partial charge in [0.2, 0.25) is 0 Å². The van der Waals surface area contributed by atoms with Crippen LogP contribution in [0.1, 0.15) is 48.8 Å². The largest absolute Gasteiger partial charge is 0.466 e. The van der Waals surface area contributed by atoms with E-state index in [0.717, 1.165) is 12.8 Å². The van der Waals surface area contributed by atoms with Crippen molar-refractivity contribution in [2.24, 2.45) is 0 Å². The molecule has 0 aromatic heterocycles. The maximum Gasteiger partial charge on any atom is 0.416 e. The van der Waals surface area contributed by atoms with Crippen LogP contribution < -0.4 is 5.32 Å². The molecule has 3 nitrogen and oxygen atoms in total. The Labute approximate surface area is 127 Å². The Bertz CT molecular complexity index is 525. The SMILES string of the molecule is CCOC(=O)CCNCc1ccc(C2CC2)c(C(F)(F)F)c1. The normalized spacial score (nSPS) is 14.9. The summed E-state index contributed by atoms with van der Waals surface area (Å²) in [6.07, 6.45) is -2.45. The molecule has 0 unspecified atom stereocenters. The lowest BCUT2D eigenvalue weighted by atomic mass is 10.00. The summed E-state index contributed by atoms with van der Waals surface area (Å²) in [7, 11) is 0. The van der Waals surface area contributed by atoms with E-state index in [-0.39, 0.29) is 18.3 Å². The Kier molecular flexibility index (Phi) is 5.45. The quantitative estimate of drug-likeness (QED) is 0.617. The zero-order chi connectivity index (χ0) is 16.2. The van der Waals surface area contributed by atoms with Gasteiger partial charge in [0.15, 0.2) is 0 Å². The number of rotatable bonds is 7. The number of esters is 1. The minimum Gasteiger partial charge on any atom is -0.466 e. The van der Waals surface area contributed by atoms with Gasteiger partial charge in [-0.1, -0.05) is 12.1 Å². The molecule has 0 bridgehead atoms. The average molecular weight is 315 g/mol. The van der Waals surface area contributed by atoms with Crippen LogP contribution in [0.3, 0.4) is 0 Å². The summed E-state index contributed by atoms with van der Waals surface area (Å²) in [5.74, 6) is -0.252. The summed E-state index contributed by atoms with van der Waals surface area (Å²) in [5.41, 5.74) is 0.447. The van der Waals surface area contributed by atoms with Crippen LogP contribution in [0.15, 0.2) is 18.2 Å². The third kappa shape index (κ3) is 4.73. The lowest BCUT2D eigenvalue weighted by Crippen LogP contribution is -2.19. The first-order valence-electron chi connectivity index (χ1n) is 7.48. The first kappa shape index (κ1) is 16.8. The van der Waals surface area contributed by atoms with Gasteiger partial charge in [0.25, 0.3) is 0 Å². The standard InChI is InChI=1S/C16H20F3NO2/c1-2-22-15(21)7-8-20-10-11-3-6-13(12-4-5-12)14(9-11)16(17,18)19/h3,6,9,12,20H,2,4-5,7-8,10H2,1H3. The summed E-state index contributed by atoms with van der Waals surface area (Å²) in [4.78, 5) is 11.2. The van der Waals surface area contributed by atoms with Gasteiger partial charge < -0.3 is 10.1 Å². The van der Waals surface area contributed by atoms with Crippen molar-refractivity contribution in [3.63, 3.8) is 0 Å². The second-order valence-electron chi connectivity index (χ2n) is 5.43. The van der Waals surface area contributed by atoms with E-state index < -0.39 is 11.7 Å². The van der Waals surface area contributed by atoms with Crippen molar-refractivity contribution in [1.29, 1.82) is 0 Å². The predicted molar refractivity (Wildman–Crippen MR) is 76.4 cm³/mol. The predicted octanol–water partition coefficient (Wildman–Crippen LogP) is 3.63. The van der Waals surface area contributed by atoms with Crippen LogP contribution in [-0.4, -0.2) is 19.1 Å². The fourth-order valence-corrected chi connectivity index (χ4v) is 2.37. The number of benzene rings is 1. The number of hydrogen-bond acceptors (Lipinski definition) is 3. The van der Waals surface area contributed by atoms with Crippen molar-refractivity contribution in [2.75, 3.05) is 13.2 Å². The first-order valence-corrected chi connectivity index (χ1v) is 7.48. The molecule has 6 heteroatoms. The molecule has 1 fully saturated rings. The van der Waals surface area contributed by atoms with Crippen LogP contribution in [0.4, 0.5) is 13.2 Å². The smallest absolute Gasteiger partial charge is 0.416 e. The molecular weight excluding hydrogens is 295 g/mol. The highest BCUT2D eigenvalue weighted by molar-refractivity contribution is 5.69.